The van der Waals surface area contributed by atoms with Crippen molar-refractivity contribution in [1.82, 2.24) is 15.5 Å². The van der Waals surface area contributed by atoms with Gasteiger partial charge in [-0.15, -0.1) is 0 Å². The van der Waals surface area contributed by atoms with Crippen molar-refractivity contribution >= 4 is 17.5 Å². The minimum atomic E-state index is -0.653. The minimum absolute atomic E-state index is 0.00691. The van der Waals surface area contributed by atoms with E-state index in [-0.39, 0.29) is 17.4 Å². The standard InChI is InChI=1S/C26H32FN5O3/c1-4-6-8-19(31-26(34)16-9-10-16)13-22(20(7-5-2)25(28)33)32-23-12-18(27)11-21(24(23)35-3)17-14-29-30-15-17/h7-8,11-16,32H,4-6,9-10H2,1-3H3,(H2,28,33)(H,29,30)(H,31,34)/b19-8-,20-7-,22-13+. The molecule has 2 aromatic rings. The molecule has 0 aliphatic heterocycles. The number of amides is 2. The van der Waals surface area contributed by atoms with Gasteiger partial charge in [0.1, 0.15) is 11.6 Å². The highest BCUT2D eigenvalue weighted by Crippen LogP contribution is 2.38. The highest BCUT2D eigenvalue weighted by atomic mass is 19.1. The Labute approximate surface area is 204 Å². The van der Waals surface area contributed by atoms with Crippen LogP contribution in [0.4, 0.5) is 10.1 Å². The van der Waals surface area contributed by atoms with E-state index < -0.39 is 11.7 Å². The number of hydrogen-bond acceptors (Lipinski definition) is 5. The zero-order valence-corrected chi connectivity index (χ0v) is 20.3. The number of hydrogen-bond donors (Lipinski definition) is 4. The van der Waals surface area contributed by atoms with E-state index in [1.807, 2.05) is 19.9 Å². The number of ether oxygens (including phenoxy) is 1. The highest BCUT2D eigenvalue weighted by Gasteiger charge is 2.30. The molecule has 35 heavy (non-hydrogen) atoms. The van der Waals surface area contributed by atoms with Gasteiger partial charge in [-0.2, -0.15) is 5.10 Å². The van der Waals surface area contributed by atoms with Crippen LogP contribution >= 0.6 is 0 Å². The van der Waals surface area contributed by atoms with Crippen molar-refractivity contribution in [3.63, 3.8) is 0 Å². The molecule has 0 bridgehead atoms. The van der Waals surface area contributed by atoms with Crippen molar-refractivity contribution in [2.75, 3.05) is 12.4 Å². The fourth-order valence-corrected chi connectivity index (χ4v) is 3.58. The summed E-state index contributed by atoms with van der Waals surface area (Å²) in [6.07, 6.45) is 12.3. The second-order valence-electron chi connectivity index (χ2n) is 8.31. The summed E-state index contributed by atoms with van der Waals surface area (Å²) in [6.45, 7) is 3.91. The Bertz CT molecular complexity index is 1150. The summed E-state index contributed by atoms with van der Waals surface area (Å²) in [5.41, 5.74) is 8.19. The summed E-state index contributed by atoms with van der Waals surface area (Å²) in [5, 5.41) is 12.7. The third-order valence-electron chi connectivity index (χ3n) is 5.47. The van der Waals surface area contributed by atoms with Gasteiger partial charge in [-0.05, 0) is 37.8 Å². The van der Waals surface area contributed by atoms with Crippen LogP contribution in [0, 0.1) is 11.7 Å². The molecule has 1 aromatic heterocycles. The lowest BCUT2D eigenvalue weighted by molar-refractivity contribution is -0.121. The van der Waals surface area contributed by atoms with Crippen LogP contribution < -0.4 is 21.1 Å². The number of nitrogens with two attached hydrogens (primary N) is 1. The van der Waals surface area contributed by atoms with Gasteiger partial charge in [-0.1, -0.05) is 32.4 Å². The van der Waals surface area contributed by atoms with Gasteiger partial charge >= 0.3 is 0 Å². The van der Waals surface area contributed by atoms with Crippen LogP contribution in [0.5, 0.6) is 5.75 Å². The Morgan fingerprint density at radius 2 is 2.06 bits per heavy atom. The lowest BCUT2D eigenvalue weighted by Gasteiger charge is -2.19. The summed E-state index contributed by atoms with van der Waals surface area (Å²) >= 11 is 0. The van der Waals surface area contributed by atoms with Crippen molar-refractivity contribution in [3.8, 4) is 16.9 Å². The average Bonchev–Trinajstić information content (AvgIpc) is 3.54. The number of halogens is 1. The zero-order valence-electron chi connectivity index (χ0n) is 20.3. The first-order valence-electron chi connectivity index (χ1n) is 11.7. The SMILES string of the molecule is CC/C=C(C(N)=O)/C(=C\C(=C\CCC)NC(=O)C1CC1)Nc1cc(F)cc(-c2cn[nH]c2)c1OC. The van der Waals surface area contributed by atoms with Gasteiger partial charge in [0.05, 0.1) is 30.3 Å². The van der Waals surface area contributed by atoms with Crippen LogP contribution in [0.2, 0.25) is 0 Å². The summed E-state index contributed by atoms with van der Waals surface area (Å²) in [5.74, 6) is -0.853. The maximum atomic E-state index is 14.7. The zero-order chi connectivity index (χ0) is 25.4. The summed E-state index contributed by atoms with van der Waals surface area (Å²) in [4.78, 5) is 24.9. The number of nitrogens with zero attached hydrogens (tertiary/aromatic N) is 1. The number of unbranched alkanes of at least 4 members (excludes halogenated alkanes) is 1. The number of aromatic amines is 1. The van der Waals surface area contributed by atoms with E-state index in [4.69, 9.17) is 10.5 Å². The smallest absolute Gasteiger partial charge is 0.250 e. The fraction of sp³-hybridized carbons (Fsp3) is 0.346. The van der Waals surface area contributed by atoms with Crippen molar-refractivity contribution in [3.05, 3.63) is 65.5 Å². The Balaban J connectivity index is 2.10. The number of benzene rings is 1. The van der Waals surface area contributed by atoms with Crippen LogP contribution in [0.25, 0.3) is 11.1 Å². The molecule has 9 heteroatoms. The molecule has 1 aliphatic carbocycles. The predicted molar refractivity (Wildman–Crippen MR) is 134 cm³/mol. The molecular formula is C26H32FN5O3. The summed E-state index contributed by atoms with van der Waals surface area (Å²) < 4.78 is 20.3. The molecule has 1 aliphatic rings. The molecule has 8 nitrogen and oxygen atoms in total. The Kier molecular flexibility index (Phi) is 8.83. The first-order valence-corrected chi connectivity index (χ1v) is 11.7. The van der Waals surface area contributed by atoms with Crippen LogP contribution in [0.1, 0.15) is 46.0 Å². The van der Waals surface area contributed by atoms with Crippen molar-refractivity contribution in [2.24, 2.45) is 11.7 Å². The van der Waals surface area contributed by atoms with E-state index in [0.29, 0.717) is 40.4 Å². The molecular weight excluding hydrogens is 449 g/mol. The molecule has 2 amide bonds. The Hall–Kier alpha value is -3.88. The van der Waals surface area contributed by atoms with Crippen LogP contribution in [0.3, 0.4) is 0 Å². The lowest BCUT2D eigenvalue weighted by Crippen LogP contribution is -2.25. The Morgan fingerprint density at radius 3 is 2.63 bits per heavy atom. The average molecular weight is 482 g/mol. The number of carbonyl (C=O) groups excluding carboxylic acids is 2. The third kappa shape index (κ3) is 6.81. The van der Waals surface area contributed by atoms with Crippen molar-refractivity contribution < 1.29 is 18.7 Å². The largest absolute Gasteiger partial charge is 0.494 e. The van der Waals surface area contributed by atoms with Gasteiger partial charge in [-0.25, -0.2) is 4.39 Å². The molecule has 1 heterocycles. The highest BCUT2D eigenvalue weighted by molar-refractivity contribution is 5.98. The van der Waals surface area contributed by atoms with Gasteiger partial charge in [0.15, 0.2) is 0 Å². The molecule has 1 fully saturated rings. The van der Waals surface area contributed by atoms with Gasteiger partial charge in [-0.3, -0.25) is 14.7 Å². The number of carbonyl (C=O) groups is 2. The fourth-order valence-electron chi connectivity index (χ4n) is 3.58. The predicted octanol–water partition coefficient (Wildman–Crippen LogP) is 4.55. The molecule has 186 valence electrons. The van der Waals surface area contributed by atoms with E-state index >= 15 is 0 Å². The normalized spacial score (nSPS) is 14.6. The maximum Gasteiger partial charge on any atom is 0.250 e. The topological polar surface area (TPSA) is 122 Å². The van der Waals surface area contributed by atoms with Gasteiger partial charge < -0.3 is 21.1 Å². The molecule has 0 spiro atoms. The number of aromatic nitrogens is 2. The van der Waals surface area contributed by atoms with E-state index in [1.165, 1.54) is 19.2 Å². The number of allylic oxidation sites excluding steroid dienone is 3. The van der Waals surface area contributed by atoms with Crippen LogP contribution in [0.15, 0.2) is 59.7 Å². The molecule has 1 aromatic carbocycles. The number of primary amides is 1. The van der Waals surface area contributed by atoms with Crippen molar-refractivity contribution in [2.45, 2.75) is 46.0 Å². The van der Waals surface area contributed by atoms with E-state index in [2.05, 4.69) is 20.8 Å². The number of H-pyrrole nitrogens is 1. The number of nitrogens with one attached hydrogen (secondary N) is 3. The molecule has 0 atom stereocenters. The van der Waals surface area contributed by atoms with E-state index in [1.54, 1.807) is 24.5 Å². The summed E-state index contributed by atoms with van der Waals surface area (Å²) in [6, 6.07) is 2.62. The second kappa shape index (κ2) is 12.0. The first-order chi connectivity index (χ1) is 16.9. The van der Waals surface area contributed by atoms with Crippen LogP contribution in [-0.2, 0) is 9.59 Å². The third-order valence-corrected chi connectivity index (χ3v) is 5.47. The summed E-state index contributed by atoms with van der Waals surface area (Å²) in [7, 11) is 1.48. The minimum Gasteiger partial charge on any atom is -0.494 e. The maximum absolute atomic E-state index is 14.7. The lowest BCUT2D eigenvalue weighted by atomic mass is 10.0. The number of methoxy groups -OCH3 is 1. The monoisotopic (exact) mass is 481 g/mol. The first kappa shape index (κ1) is 25.7. The van der Waals surface area contributed by atoms with Crippen LogP contribution in [-0.4, -0.2) is 29.1 Å². The quantitative estimate of drug-likeness (QED) is 0.262. The molecule has 5 N–H and O–H groups in total. The van der Waals surface area contributed by atoms with Crippen molar-refractivity contribution in [1.29, 1.82) is 0 Å². The number of rotatable bonds is 12. The molecule has 0 radical (unpaired) electrons. The molecule has 1 saturated carbocycles. The number of anilines is 1. The second-order valence-corrected chi connectivity index (χ2v) is 8.31. The van der Waals surface area contributed by atoms with Gasteiger partial charge in [0.2, 0.25) is 11.8 Å². The Morgan fingerprint density at radius 1 is 1.29 bits per heavy atom. The van der Waals surface area contributed by atoms with E-state index in [9.17, 15) is 14.0 Å². The van der Waals surface area contributed by atoms with E-state index in [0.717, 1.165) is 25.7 Å². The van der Waals surface area contributed by atoms with Gasteiger partial charge in [0.25, 0.3) is 0 Å². The molecule has 3 rings (SSSR count). The van der Waals surface area contributed by atoms with Gasteiger partial charge in [0, 0.05) is 35.0 Å². The molecule has 0 saturated heterocycles. The molecule has 0 unspecified atom stereocenters.